The minimum atomic E-state index is -0.466. The van der Waals surface area contributed by atoms with Gasteiger partial charge in [-0.2, -0.15) is 0 Å². The second-order valence-electron chi connectivity index (χ2n) is 3.01. The van der Waals surface area contributed by atoms with E-state index >= 15 is 0 Å². The number of furan rings is 1. The van der Waals surface area contributed by atoms with Gasteiger partial charge in [-0.05, 0) is 19.9 Å². The average Bonchev–Trinajstić information content (AvgIpc) is 2.47. The van der Waals surface area contributed by atoms with E-state index < -0.39 is 6.04 Å². The van der Waals surface area contributed by atoms with Crippen LogP contribution in [0.15, 0.2) is 16.7 Å². The number of rotatable bonds is 3. The zero-order chi connectivity index (χ0) is 9.84. The largest absolute Gasteiger partial charge is 0.469 e. The van der Waals surface area contributed by atoms with Gasteiger partial charge in [0.05, 0.1) is 12.3 Å². The summed E-state index contributed by atoms with van der Waals surface area (Å²) in [6.07, 6.45) is 1.60. The molecule has 0 radical (unpaired) electrons. The molecular formula is C9H14N2O2. The van der Waals surface area contributed by atoms with Gasteiger partial charge in [0, 0.05) is 12.1 Å². The third-order valence-electron chi connectivity index (χ3n) is 1.83. The predicted octanol–water partition coefficient (Wildman–Crippen LogP) is 0.551. The fourth-order valence-electron chi connectivity index (χ4n) is 0.938. The highest BCUT2D eigenvalue weighted by Gasteiger charge is 2.07. The maximum absolute atomic E-state index is 11.1. The highest BCUT2D eigenvalue weighted by atomic mass is 16.3. The maximum Gasteiger partial charge on any atom is 0.236 e. The van der Waals surface area contributed by atoms with Crippen molar-refractivity contribution in [2.45, 2.75) is 26.4 Å². The second kappa shape index (κ2) is 4.09. The van der Waals surface area contributed by atoms with Gasteiger partial charge in [0.25, 0.3) is 0 Å². The summed E-state index contributed by atoms with van der Waals surface area (Å²) in [5.74, 6) is 0.672. The third-order valence-corrected chi connectivity index (χ3v) is 1.83. The van der Waals surface area contributed by atoms with Crippen LogP contribution < -0.4 is 11.1 Å². The van der Waals surface area contributed by atoms with Crippen LogP contribution in [0.4, 0.5) is 0 Å². The van der Waals surface area contributed by atoms with Gasteiger partial charge in [0.15, 0.2) is 0 Å². The summed E-state index contributed by atoms with van der Waals surface area (Å²) in [5.41, 5.74) is 6.36. The van der Waals surface area contributed by atoms with Crippen molar-refractivity contribution in [2.75, 3.05) is 0 Å². The summed E-state index contributed by atoms with van der Waals surface area (Å²) in [6, 6.07) is 1.36. The van der Waals surface area contributed by atoms with Gasteiger partial charge in [-0.25, -0.2) is 0 Å². The molecule has 4 nitrogen and oxygen atoms in total. The molecule has 4 heteroatoms. The van der Waals surface area contributed by atoms with Crippen molar-refractivity contribution in [3.05, 3.63) is 23.7 Å². The molecule has 1 rings (SSSR count). The van der Waals surface area contributed by atoms with Crippen LogP contribution in [0.1, 0.15) is 18.2 Å². The predicted molar refractivity (Wildman–Crippen MR) is 48.9 cm³/mol. The lowest BCUT2D eigenvalue weighted by molar-refractivity contribution is -0.122. The standard InChI is InChI=1S/C9H14N2O2/c1-6(10)9(12)11-5-8-3-4-13-7(8)2/h3-4,6H,5,10H2,1-2H3,(H,11,12). The number of hydrogen-bond acceptors (Lipinski definition) is 3. The summed E-state index contributed by atoms with van der Waals surface area (Å²) in [6.45, 7) is 3.98. The number of carbonyl (C=O) groups excluding carboxylic acids is 1. The summed E-state index contributed by atoms with van der Waals surface area (Å²) in [7, 11) is 0. The van der Waals surface area contributed by atoms with Gasteiger partial charge >= 0.3 is 0 Å². The van der Waals surface area contributed by atoms with Crippen molar-refractivity contribution in [3.8, 4) is 0 Å². The van der Waals surface area contributed by atoms with Crippen LogP contribution in [0.2, 0.25) is 0 Å². The van der Waals surface area contributed by atoms with Crippen molar-refractivity contribution in [1.29, 1.82) is 0 Å². The maximum atomic E-state index is 11.1. The minimum Gasteiger partial charge on any atom is -0.469 e. The zero-order valence-corrected chi connectivity index (χ0v) is 7.83. The van der Waals surface area contributed by atoms with Gasteiger partial charge in [0.1, 0.15) is 5.76 Å². The molecule has 1 aromatic heterocycles. The quantitative estimate of drug-likeness (QED) is 0.717. The van der Waals surface area contributed by atoms with Crippen LogP contribution in [-0.2, 0) is 11.3 Å². The number of hydrogen-bond donors (Lipinski definition) is 2. The average molecular weight is 182 g/mol. The van der Waals surface area contributed by atoms with Gasteiger partial charge < -0.3 is 15.5 Å². The first-order valence-electron chi connectivity index (χ1n) is 4.17. The molecule has 1 amide bonds. The molecular weight excluding hydrogens is 168 g/mol. The Labute approximate surface area is 77.1 Å². The Hall–Kier alpha value is -1.29. The fourth-order valence-corrected chi connectivity index (χ4v) is 0.938. The molecule has 0 aliphatic rings. The van der Waals surface area contributed by atoms with E-state index in [0.717, 1.165) is 11.3 Å². The molecule has 1 unspecified atom stereocenters. The molecule has 72 valence electrons. The molecule has 0 saturated carbocycles. The van der Waals surface area contributed by atoms with E-state index in [4.69, 9.17) is 10.2 Å². The van der Waals surface area contributed by atoms with E-state index in [1.807, 2.05) is 13.0 Å². The van der Waals surface area contributed by atoms with E-state index in [-0.39, 0.29) is 5.91 Å². The summed E-state index contributed by atoms with van der Waals surface area (Å²) < 4.78 is 5.07. The van der Waals surface area contributed by atoms with Crippen LogP contribution >= 0.6 is 0 Å². The van der Waals surface area contributed by atoms with Crippen LogP contribution in [0, 0.1) is 6.92 Å². The minimum absolute atomic E-state index is 0.152. The Morgan fingerprint density at radius 2 is 2.46 bits per heavy atom. The molecule has 3 N–H and O–H groups in total. The lowest BCUT2D eigenvalue weighted by Gasteiger charge is -2.06. The summed E-state index contributed by atoms with van der Waals surface area (Å²) >= 11 is 0. The van der Waals surface area contributed by atoms with Crippen molar-refractivity contribution < 1.29 is 9.21 Å². The molecule has 0 fully saturated rings. The first-order valence-corrected chi connectivity index (χ1v) is 4.17. The molecule has 1 heterocycles. The summed E-state index contributed by atoms with van der Waals surface area (Å²) in [4.78, 5) is 11.1. The Morgan fingerprint density at radius 3 is 2.92 bits per heavy atom. The molecule has 0 aliphatic carbocycles. The van der Waals surface area contributed by atoms with Crippen LogP contribution in [0.5, 0.6) is 0 Å². The van der Waals surface area contributed by atoms with Gasteiger partial charge in [0.2, 0.25) is 5.91 Å². The van der Waals surface area contributed by atoms with Crippen LogP contribution in [0.3, 0.4) is 0 Å². The van der Waals surface area contributed by atoms with Gasteiger partial charge in [-0.3, -0.25) is 4.79 Å². The normalized spacial score (nSPS) is 12.5. The monoisotopic (exact) mass is 182 g/mol. The second-order valence-corrected chi connectivity index (χ2v) is 3.01. The van der Waals surface area contributed by atoms with E-state index in [1.165, 1.54) is 0 Å². The van der Waals surface area contributed by atoms with E-state index in [2.05, 4.69) is 5.32 Å². The van der Waals surface area contributed by atoms with E-state index in [0.29, 0.717) is 6.54 Å². The van der Waals surface area contributed by atoms with Crippen LogP contribution in [-0.4, -0.2) is 11.9 Å². The SMILES string of the molecule is Cc1occc1CNC(=O)C(C)N. The Bertz CT molecular complexity index is 292. The molecule has 1 aromatic rings. The van der Waals surface area contributed by atoms with Crippen molar-refractivity contribution in [2.24, 2.45) is 5.73 Å². The first kappa shape index (κ1) is 9.80. The number of nitrogens with one attached hydrogen (secondary N) is 1. The third kappa shape index (κ3) is 2.59. The van der Waals surface area contributed by atoms with Crippen molar-refractivity contribution >= 4 is 5.91 Å². The molecule has 1 atom stereocenters. The Kier molecular flexibility index (Phi) is 3.08. The molecule has 0 bridgehead atoms. The van der Waals surface area contributed by atoms with Crippen molar-refractivity contribution in [3.63, 3.8) is 0 Å². The molecule has 13 heavy (non-hydrogen) atoms. The Morgan fingerprint density at radius 1 is 1.77 bits per heavy atom. The smallest absolute Gasteiger partial charge is 0.236 e. The molecule has 0 aliphatic heterocycles. The highest BCUT2D eigenvalue weighted by molar-refractivity contribution is 5.80. The first-order chi connectivity index (χ1) is 6.11. The van der Waals surface area contributed by atoms with Gasteiger partial charge in [-0.1, -0.05) is 0 Å². The lowest BCUT2D eigenvalue weighted by atomic mass is 10.2. The zero-order valence-electron chi connectivity index (χ0n) is 7.83. The lowest BCUT2D eigenvalue weighted by Crippen LogP contribution is -2.37. The summed E-state index contributed by atoms with van der Waals surface area (Å²) in [5, 5.41) is 2.70. The number of nitrogens with two attached hydrogens (primary N) is 1. The topological polar surface area (TPSA) is 68.3 Å². The molecule has 0 aromatic carbocycles. The molecule has 0 saturated heterocycles. The number of amides is 1. The van der Waals surface area contributed by atoms with Gasteiger partial charge in [-0.15, -0.1) is 0 Å². The Balaban J connectivity index is 2.44. The van der Waals surface area contributed by atoms with E-state index in [9.17, 15) is 4.79 Å². The number of carbonyl (C=O) groups is 1. The molecule has 0 spiro atoms. The van der Waals surface area contributed by atoms with Crippen molar-refractivity contribution in [1.82, 2.24) is 5.32 Å². The fraction of sp³-hybridized carbons (Fsp3) is 0.444. The highest BCUT2D eigenvalue weighted by Crippen LogP contribution is 2.07. The van der Waals surface area contributed by atoms with E-state index in [1.54, 1.807) is 13.2 Å². The number of aryl methyl sites for hydroxylation is 1. The van der Waals surface area contributed by atoms with Crippen LogP contribution in [0.25, 0.3) is 0 Å².